The summed E-state index contributed by atoms with van der Waals surface area (Å²) in [6.45, 7) is 3.54. The molecule has 0 amide bonds. The van der Waals surface area contributed by atoms with Crippen molar-refractivity contribution in [3.05, 3.63) is 5.28 Å². The van der Waals surface area contributed by atoms with Crippen LogP contribution in [0, 0.1) is 5.92 Å². The lowest BCUT2D eigenvalue weighted by Crippen LogP contribution is -2.31. The van der Waals surface area contributed by atoms with Gasteiger partial charge in [-0.25, -0.2) is 0 Å². The number of halogens is 1. The zero-order valence-electron chi connectivity index (χ0n) is 10.9. The maximum atomic E-state index is 5.91. The Morgan fingerprint density at radius 3 is 2.74 bits per heavy atom. The molecule has 1 aromatic heterocycles. The minimum absolute atomic E-state index is 0.204. The second kappa shape index (κ2) is 5.46. The van der Waals surface area contributed by atoms with E-state index in [-0.39, 0.29) is 17.4 Å². The average Bonchev–Trinajstić information content (AvgIpc) is 3.10. The van der Waals surface area contributed by atoms with Gasteiger partial charge < -0.3 is 15.4 Å². The smallest absolute Gasteiger partial charge is 0.229 e. The molecule has 0 radical (unpaired) electrons. The molecule has 2 atom stereocenters. The molecule has 2 fully saturated rings. The lowest BCUT2D eigenvalue weighted by molar-refractivity contribution is 0.0897. The van der Waals surface area contributed by atoms with E-state index in [4.69, 9.17) is 16.3 Å². The highest BCUT2D eigenvalue weighted by Gasteiger charge is 2.40. The number of nitrogens with one attached hydrogen (secondary N) is 2. The molecule has 19 heavy (non-hydrogen) atoms. The van der Waals surface area contributed by atoms with Gasteiger partial charge >= 0.3 is 0 Å². The van der Waals surface area contributed by atoms with Crippen LogP contribution in [0.4, 0.5) is 11.9 Å². The van der Waals surface area contributed by atoms with E-state index in [0.29, 0.717) is 17.8 Å². The highest BCUT2D eigenvalue weighted by atomic mass is 35.5. The monoisotopic (exact) mass is 283 g/mol. The third kappa shape index (κ3) is 3.06. The predicted octanol–water partition coefficient (Wildman–Crippen LogP) is 1.94. The molecule has 0 bridgehead atoms. The number of hydrogen-bond donors (Lipinski definition) is 2. The number of nitrogens with zero attached hydrogens (tertiary/aromatic N) is 3. The molecule has 2 N–H and O–H groups in total. The third-order valence-electron chi connectivity index (χ3n) is 3.48. The molecule has 104 valence electrons. The first kappa shape index (κ1) is 12.9. The van der Waals surface area contributed by atoms with Crippen molar-refractivity contribution in [1.82, 2.24) is 15.0 Å². The van der Waals surface area contributed by atoms with Crippen molar-refractivity contribution >= 4 is 23.5 Å². The summed E-state index contributed by atoms with van der Waals surface area (Å²) in [4.78, 5) is 12.5. The topological polar surface area (TPSA) is 72.0 Å². The van der Waals surface area contributed by atoms with Crippen molar-refractivity contribution in [3.63, 3.8) is 0 Å². The molecular weight excluding hydrogens is 266 g/mol. The van der Waals surface area contributed by atoms with Crippen LogP contribution >= 0.6 is 11.6 Å². The predicted molar refractivity (Wildman–Crippen MR) is 73.5 cm³/mol. The van der Waals surface area contributed by atoms with Gasteiger partial charge in [0.1, 0.15) is 0 Å². The Hall–Kier alpha value is -1.14. The van der Waals surface area contributed by atoms with Crippen molar-refractivity contribution in [3.8, 4) is 0 Å². The SMILES string of the molecule is CCNc1nc(Cl)nc(NC2CCOC2C2CC2)n1. The summed E-state index contributed by atoms with van der Waals surface area (Å²) >= 11 is 5.91. The second-order valence-corrected chi connectivity index (χ2v) is 5.33. The second-order valence-electron chi connectivity index (χ2n) is 4.99. The van der Waals surface area contributed by atoms with Crippen molar-refractivity contribution in [2.45, 2.75) is 38.3 Å². The van der Waals surface area contributed by atoms with Crippen LogP contribution in [0.25, 0.3) is 0 Å². The molecule has 2 aliphatic rings. The zero-order chi connectivity index (χ0) is 13.2. The molecule has 1 aliphatic heterocycles. The number of ether oxygens (including phenoxy) is 1. The van der Waals surface area contributed by atoms with E-state index in [0.717, 1.165) is 19.6 Å². The van der Waals surface area contributed by atoms with Crippen LogP contribution < -0.4 is 10.6 Å². The maximum absolute atomic E-state index is 5.91. The number of anilines is 2. The zero-order valence-corrected chi connectivity index (χ0v) is 11.7. The fourth-order valence-electron chi connectivity index (χ4n) is 2.47. The van der Waals surface area contributed by atoms with Gasteiger partial charge in [0.05, 0.1) is 12.1 Å². The van der Waals surface area contributed by atoms with Crippen molar-refractivity contribution in [1.29, 1.82) is 0 Å². The normalized spacial score (nSPS) is 26.4. The van der Waals surface area contributed by atoms with Gasteiger partial charge in [0.2, 0.25) is 17.2 Å². The number of rotatable bonds is 5. The van der Waals surface area contributed by atoms with E-state index >= 15 is 0 Å². The average molecular weight is 284 g/mol. The van der Waals surface area contributed by atoms with Crippen LogP contribution in [0.2, 0.25) is 5.28 Å². The largest absolute Gasteiger partial charge is 0.376 e. The Labute approximate surface area is 117 Å². The molecule has 1 aromatic rings. The van der Waals surface area contributed by atoms with E-state index < -0.39 is 0 Å². The molecular formula is C12H18ClN5O. The Bertz CT molecular complexity index is 454. The highest BCUT2D eigenvalue weighted by molar-refractivity contribution is 6.28. The Kier molecular flexibility index (Phi) is 3.70. The molecule has 2 unspecified atom stereocenters. The van der Waals surface area contributed by atoms with E-state index in [9.17, 15) is 0 Å². The van der Waals surface area contributed by atoms with Crippen LogP contribution in [-0.4, -0.2) is 40.2 Å². The van der Waals surface area contributed by atoms with Crippen LogP contribution in [0.3, 0.4) is 0 Å². The Balaban J connectivity index is 1.71. The number of aromatic nitrogens is 3. The summed E-state index contributed by atoms with van der Waals surface area (Å²) in [6, 6.07) is 0.278. The first-order valence-electron chi connectivity index (χ1n) is 6.80. The first-order chi connectivity index (χ1) is 9.26. The van der Waals surface area contributed by atoms with Gasteiger partial charge in [-0.15, -0.1) is 0 Å². The van der Waals surface area contributed by atoms with Crippen molar-refractivity contribution in [2.24, 2.45) is 5.92 Å². The van der Waals surface area contributed by atoms with Gasteiger partial charge in [0, 0.05) is 13.2 Å². The minimum Gasteiger partial charge on any atom is -0.376 e. The van der Waals surface area contributed by atoms with Crippen LogP contribution in [0.15, 0.2) is 0 Å². The Morgan fingerprint density at radius 1 is 1.21 bits per heavy atom. The molecule has 2 heterocycles. The summed E-state index contributed by atoms with van der Waals surface area (Å²) < 4.78 is 5.79. The molecule has 0 spiro atoms. The van der Waals surface area contributed by atoms with Crippen LogP contribution in [-0.2, 0) is 4.74 Å². The van der Waals surface area contributed by atoms with Gasteiger partial charge in [-0.1, -0.05) is 0 Å². The summed E-state index contributed by atoms with van der Waals surface area (Å²) in [5.41, 5.74) is 0. The fourth-order valence-corrected chi connectivity index (χ4v) is 2.63. The van der Waals surface area contributed by atoms with Gasteiger partial charge in [-0.2, -0.15) is 15.0 Å². The summed E-state index contributed by atoms with van der Waals surface area (Å²) in [7, 11) is 0. The van der Waals surface area contributed by atoms with Crippen molar-refractivity contribution < 1.29 is 4.74 Å². The summed E-state index contributed by atoms with van der Waals surface area (Å²) in [6.07, 6.45) is 3.81. The lowest BCUT2D eigenvalue weighted by Gasteiger charge is -2.19. The molecule has 3 rings (SSSR count). The minimum atomic E-state index is 0.204. The molecule has 7 heteroatoms. The van der Waals surface area contributed by atoms with E-state index in [1.54, 1.807) is 0 Å². The van der Waals surface area contributed by atoms with Crippen LogP contribution in [0.5, 0.6) is 0 Å². The molecule has 0 aromatic carbocycles. The summed E-state index contributed by atoms with van der Waals surface area (Å²) in [5.74, 6) is 1.73. The standard InChI is InChI=1S/C12H18ClN5O/c1-2-14-11-16-10(13)17-12(18-11)15-8-5-6-19-9(8)7-3-4-7/h7-9H,2-6H2,1H3,(H2,14,15,16,17,18). The van der Waals surface area contributed by atoms with E-state index in [1.165, 1.54) is 12.8 Å². The molecule has 1 saturated carbocycles. The van der Waals surface area contributed by atoms with E-state index in [2.05, 4.69) is 25.6 Å². The maximum Gasteiger partial charge on any atom is 0.229 e. The van der Waals surface area contributed by atoms with Crippen LogP contribution in [0.1, 0.15) is 26.2 Å². The van der Waals surface area contributed by atoms with Gasteiger partial charge in [-0.3, -0.25) is 0 Å². The lowest BCUT2D eigenvalue weighted by atomic mass is 10.1. The van der Waals surface area contributed by atoms with Gasteiger partial charge in [-0.05, 0) is 43.7 Å². The van der Waals surface area contributed by atoms with E-state index in [1.807, 2.05) is 6.92 Å². The third-order valence-corrected chi connectivity index (χ3v) is 3.65. The van der Waals surface area contributed by atoms with Gasteiger partial charge in [0.25, 0.3) is 0 Å². The molecule has 6 nitrogen and oxygen atoms in total. The Morgan fingerprint density at radius 2 is 2.00 bits per heavy atom. The number of hydrogen-bond acceptors (Lipinski definition) is 6. The van der Waals surface area contributed by atoms with Crippen molar-refractivity contribution in [2.75, 3.05) is 23.8 Å². The van der Waals surface area contributed by atoms with Gasteiger partial charge in [0.15, 0.2) is 0 Å². The molecule has 1 saturated heterocycles. The molecule has 1 aliphatic carbocycles. The summed E-state index contributed by atoms with van der Waals surface area (Å²) in [5, 5.41) is 6.59. The fraction of sp³-hybridized carbons (Fsp3) is 0.750. The highest BCUT2D eigenvalue weighted by Crippen LogP contribution is 2.39. The first-order valence-corrected chi connectivity index (χ1v) is 7.17. The quantitative estimate of drug-likeness (QED) is 0.860.